The van der Waals surface area contributed by atoms with Crippen LogP contribution in [0.3, 0.4) is 0 Å². The van der Waals surface area contributed by atoms with Gasteiger partial charge in [-0.1, -0.05) is 33.6 Å². The molecule has 3 unspecified atom stereocenters. The summed E-state index contributed by atoms with van der Waals surface area (Å²) in [5, 5.41) is 0. The third-order valence-corrected chi connectivity index (χ3v) is 4.74. The van der Waals surface area contributed by atoms with Crippen LogP contribution in [0.1, 0.15) is 59.3 Å². The molecule has 2 nitrogen and oxygen atoms in total. The van der Waals surface area contributed by atoms with Crippen LogP contribution in [0.2, 0.25) is 0 Å². The fourth-order valence-corrected chi connectivity index (χ4v) is 3.23. The molecule has 0 radical (unpaired) electrons. The Balaban J connectivity index is 1.74. The number of ether oxygens (including phenoxy) is 1. The maximum absolute atomic E-state index is 6.47. The molecule has 1 saturated carbocycles. The first kappa shape index (κ1) is 12.4. The highest BCUT2D eigenvalue weighted by Crippen LogP contribution is 2.39. The third-order valence-electron chi connectivity index (χ3n) is 4.74. The van der Waals surface area contributed by atoms with Gasteiger partial charge in [0.25, 0.3) is 0 Å². The van der Waals surface area contributed by atoms with E-state index < -0.39 is 0 Å². The number of rotatable bonds is 4. The molecular weight excluding hydrogens is 198 g/mol. The molecule has 2 N–H and O–H groups in total. The third kappa shape index (κ3) is 2.43. The molecule has 2 rings (SSSR count). The first-order chi connectivity index (χ1) is 7.51. The van der Waals surface area contributed by atoms with E-state index in [0.29, 0.717) is 24.0 Å². The molecule has 16 heavy (non-hydrogen) atoms. The minimum Gasteiger partial charge on any atom is -0.375 e. The molecular formula is C14H27NO. The Kier molecular flexibility index (Phi) is 3.60. The van der Waals surface area contributed by atoms with E-state index in [4.69, 9.17) is 10.5 Å². The molecule has 1 heterocycles. The van der Waals surface area contributed by atoms with E-state index in [-0.39, 0.29) is 5.54 Å². The highest BCUT2D eigenvalue weighted by molar-refractivity contribution is 4.95. The van der Waals surface area contributed by atoms with Gasteiger partial charge >= 0.3 is 0 Å². The molecule has 1 aliphatic carbocycles. The normalized spacial score (nSPS) is 35.1. The maximum atomic E-state index is 6.47. The van der Waals surface area contributed by atoms with E-state index in [2.05, 4.69) is 20.8 Å². The highest BCUT2D eigenvalue weighted by atomic mass is 16.5. The second kappa shape index (κ2) is 4.66. The lowest BCUT2D eigenvalue weighted by Crippen LogP contribution is -2.48. The van der Waals surface area contributed by atoms with Crippen molar-refractivity contribution in [2.75, 3.05) is 0 Å². The van der Waals surface area contributed by atoms with Crippen LogP contribution < -0.4 is 5.73 Å². The van der Waals surface area contributed by atoms with Crippen molar-refractivity contribution >= 4 is 0 Å². The van der Waals surface area contributed by atoms with Gasteiger partial charge in [0.05, 0.1) is 12.2 Å². The molecule has 1 saturated heterocycles. The van der Waals surface area contributed by atoms with E-state index >= 15 is 0 Å². The largest absolute Gasteiger partial charge is 0.375 e. The Morgan fingerprint density at radius 2 is 1.81 bits per heavy atom. The van der Waals surface area contributed by atoms with Crippen LogP contribution >= 0.6 is 0 Å². The van der Waals surface area contributed by atoms with Gasteiger partial charge in [-0.2, -0.15) is 0 Å². The fraction of sp³-hybridized carbons (Fsp3) is 1.00. The first-order valence-corrected chi connectivity index (χ1v) is 6.95. The van der Waals surface area contributed by atoms with Crippen molar-refractivity contribution in [3.05, 3.63) is 0 Å². The monoisotopic (exact) mass is 225 g/mol. The van der Waals surface area contributed by atoms with Crippen LogP contribution in [-0.2, 0) is 4.74 Å². The van der Waals surface area contributed by atoms with Gasteiger partial charge < -0.3 is 10.5 Å². The summed E-state index contributed by atoms with van der Waals surface area (Å²) < 4.78 is 5.92. The summed E-state index contributed by atoms with van der Waals surface area (Å²) in [7, 11) is 0. The van der Waals surface area contributed by atoms with Crippen molar-refractivity contribution in [2.24, 2.45) is 17.6 Å². The van der Waals surface area contributed by atoms with Gasteiger partial charge in [-0.15, -0.1) is 0 Å². The molecule has 3 atom stereocenters. The van der Waals surface area contributed by atoms with Gasteiger partial charge in [0.2, 0.25) is 0 Å². The topological polar surface area (TPSA) is 35.2 Å². The highest BCUT2D eigenvalue weighted by Gasteiger charge is 2.39. The summed E-state index contributed by atoms with van der Waals surface area (Å²) >= 11 is 0. The molecule has 94 valence electrons. The Morgan fingerprint density at radius 1 is 1.25 bits per heavy atom. The summed E-state index contributed by atoms with van der Waals surface area (Å²) in [5.41, 5.74) is 6.59. The summed E-state index contributed by atoms with van der Waals surface area (Å²) in [6.45, 7) is 6.80. The van der Waals surface area contributed by atoms with Crippen LogP contribution in [0.4, 0.5) is 0 Å². The van der Waals surface area contributed by atoms with Crippen molar-refractivity contribution in [1.82, 2.24) is 0 Å². The lowest BCUT2D eigenvalue weighted by molar-refractivity contribution is -0.153. The van der Waals surface area contributed by atoms with Crippen LogP contribution in [0.5, 0.6) is 0 Å². The van der Waals surface area contributed by atoms with Crippen LogP contribution in [0, 0.1) is 11.8 Å². The second-order valence-corrected chi connectivity index (χ2v) is 6.35. The number of hydrogen-bond donors (Lipinski definition) is 1. The summed E-state index contributed by atoms with van der Waals surface area (Å²) in [4.78, 5) is 0. The second-order valence-electron chi connectivity index (χ2n) is 6.35. The van der Waals surface area contributed by atoms with Crippen LogP contribution in [0.25, 0.3) is 0 Å². The maximum Gasteiger partial charge on any atom is 0.0626 e. The van der Waals surface area contributed by atoms with Gasteiger partial charge in [-0.25, -0.2) is 0 Å². The molecule has 0 amide bonds. The van der Waals surface area contributed by atoms with Gasteiger partial charge in [0.1, 0.15) is 0 Å². The number of nitrogens with two attached hydrogens (primary N) is 1. The molecule has 0 spiro atoms. The van der Waals surface area contributed by atoms with E-state index in [1.807, 2.05) is 0 Å². The minimum atomic E-state index is 0.117. The van der Waals surface area contributed by atoms with Crippen molar-refractivity contribution < 1.29 is 4.74 Å². The average molecular weight is 225 g/mol. The molecule has 2 fully saturated rings. The molecule has 0 aromatic rings. The summed E-state index contributed by atoms with van der Waals surface area (Å²) in [6.07, 6.45) is 8.49. The Morgan fingerprint density at radius 3 is 2.31 bits per heavy atom. The van der Waals surface area contributed by atoms with Crippen LogP contribution in [-0.4, -0.2) is 17.7 Å². The van der Waals surface area contributed by atoms with E-state index in [0.717, 1.165) is 0 Å². The van der Waals surface area contributed by atoms with Crippen molar-refractivity contribution in [3.8, 4) is 0 Å². The van der Waals surface area contributed by atoms with Gasteiger partial charge in [-0.05, 0) is 31.1 Å². The molecule has 2 aliphatic rings. The zero-order valence-electron chi connectivity index (χ0n) is 11.0. The summed E-state index contributed by atoms with van der Waals surface area (Å²) in [5.74, 6) is 1.29. The Hall–Kier alpha value is -0.0800. The van der Waals surface area contributed by atoms with Crippen molar-refractivity contribution in [3.63, 3.8) is 0 Å². The van der Waals surface area contributed by atoms with E-state index in [1.165, 1.54) is 38.5 Å². The average Bonchev–Trinajstić information content (AvgIpc) is 2.58. The molecule has 0 aromatic carbocycles. The predicted molar refractivity (Wildman–Crippen MR) is 67.3 cm³/mol. The standard InChI is InChI=1S/C14H27NO/c1-10(2)13-9-12(16-13)8-11(3)14(15)6-4-5-7-14/h10-13H,4-9,15H2,1-3H3. The zero-order valence-corrected chi connectivity index (χ0v) is 11.0. The lowest BCUT2D eigenvalue weighted by atomic mass is 9.79. The van der Waals surface area contributed by atoms with E-state index in [9.17, 15) is 0 Å². The lowest BCUT2D eigenvalue weighted by Gasteiger charge is -2.42. The Labute approximate surface area is 99.9 Å². The first-order valence-electron chi connectivity index (χ1n) is 6.95. The predicted octanol–water partition coefficient (Wildman–Crippen LogP) is 3.10. The van der Waals surface area contributed by atoms with Gasteiger partial charge in [-0.3, -0.25) is 0 Å². The Bertz CT molecular complexity index is 227. The molecule has 0 aromatic heterocycles. The minimum absolute atomic E-state index is 0.117. The molecule has 0 bridgehead atoms. The SMILES string of the molecule is CC(C)C1CC(CC(C)C2(N)CCCC2)O1. The van der Waals surface area contributed by atoms with Crippen LogP contribution in [0.15, 0.2) is 0 Å². The number of hydrogen-bond acceptors (Lipinski definition) is 2. The van der Waals surface area contributed by atoms with Crippen molar-refractivity contribution in [1.29, 1.82) is 0 Å². The molecule has 1 aliphatic heterocycles. The molecule has 2 heteroatoms. The quantitative estimate of drug-likeness (QED) is 0.798. The van der Waals surface area contributed by atoms with Crippen molar-refractivity contribution in [2.45, 2.75) is 77.0 Å². The van der Waals surface area contributed by atoms with E-state index in [1.54, 1.807) is 0 Å². The zero-order chi connectivity index (χ0) is 11.8. The fourth-order valence-electron chi connectivity index (χ4n) is 3.23. The smallest absolute Gasteiger partial charge is 0.0626 e. The van der Waals surface area contributed by atoms with Gasteiger partial charge in [0.15, 0.2) is 0 Å². The van der Waals surface area contributed by atoms with Gasteiger partial charge in [0, 0.05) is 12.0 Å². The summed E-state index contributed by atoms with van der Waals surface area (Å²) in [6, 6.07) is 0.